The average molecular weight is 508 g/mol. The summed E-state index contributed by atoms with van der Waals surface area (Å²) < 4.78 is 58.2. The van der Waals surface area contributed by atoms with Crippen LogP contribution < -0.4 is 14.2 Å². The Morgan fingerprint density at radius 3 is 2.69 bits per heavy atom. The number of hydrogen-bond donors (Lipinski definition) is 0. The lowest BCUT2D eigenvalue weighted by molar-refractivity contribution is -0.274. The van der Waals surface area contributed by atoms with Gasteiger partial charge in [-0.1, -0.05) is 18.2 Å². The van der Waals surface area contributed by atoms with E-state index in [1.807, 2.05) is 12.1 Å². The minimum atomic E-state index is -4.79. The Bertz CT molecular complexity index is 1090. The van der Waals surface area contributed by atoms with E-state index in [0.717, 1.165) is 5.56 Å². The van der Waals surface area contributed by atoms with Crippen molar-refractivity contribution in [3.8, 4) is 17.2 Å². The van der Waals surface area contributed by atoms with E-state index in [2.05, 4.69) is 4.74 Å². The van der Waals surface area contributed by atoms with E-state index in [4.69, 9.17) is 14.2 Å². The van der Waals surface area contributed by atoms with Gasteiger partial charge in [0.2, 0.25) is 5.91 Å². The van der Waals surface area contributed by atoms with Crippen molar-refractivity contribution in [2.45, 2.75) is 32.2 Å². The first-order chi connectivity index (χ1) is 17.1. The molecule has 0 radical (unpaired) electrons. The second-order valence-electron chi connectivity index (χ2n) is 8.23. The van der Waals surface area contributed by atoms with Crippen molar-refractivity contribution in [1.29, 1.82) is 0 Å². The van der Waals surface area contributed by atoms with Crippen LogP contribution in [0.1, 0.15) is 24.5 Å². The Kier molecular flexibility index (Phi) is 9.35. The molecule has 0 bridgehead atoms. The number of benzene rings is 2. The minimum absolute atomic E-state index is 0.113. The van der Waals surface area contributed by atoms with Gasteiger partial charge in [-0.2, -0.15) is 0 Å². The number of methoxy groups -OCH3 is 1. The van der Waals surface area contributed by atoms with Crippen LogP contribution in [-0.4, -0.2) is 62.5 Å². The first-order valence-electron chi connectivity index (χ1n) is 11.4. The lowest BCUT2D eigenvalue weighted by Gasteiger charge is -2.32. The van der Waals surface area contributed by atoms with E-state index in [-0.39, 0.29) is 30.2 Å². The molecule has 1 aliphatic heterocycles. The van der Waals surface area contributed by atoms with E-state index in [1.54, 1.807) is 24.0 Å². The Labute approximate surface area is 207 Å². The summed E-state index contributed by atoms with van der Waals surface area (Å²) in [7, 11) is 1.53. The van der Waals surface area contributed by atoms with Crippen LogP contribution in [0.4, 0.5) is 13.2 Å². The summed E-state index contributed by atoms with van der Waals surface area (Å²) in [6, 6.07) is 10.9. The van der Waals surface area contributed by atoms with Crippen molar-refractivity contribution in [3.63, 3.8) is 0 Å². The maximum absolute atomic E-state index is 12.6. The number of amides is 1. The van der Waals surface area contributed by atoms with Gasteiger partial charge in [0.15, 0.2) is 11.5 Å². The molecule has 1 unspecified atom stereocenters. The van der Waals surface area contributed by atoms with Gasteiger partial charge in [0.1, 0.15) is 24.2 Å². The van der Waals surface area contributed by atoms with Crippen LogP contribution in [0, 0.1) is 0 Å². The second kappa shape index (κ2) is 12.4. The molecule has 0 aliphatic carbocycles. The van der Waals surface area contributed by atoms with Gasteiger partial charge in [-0.3, -0.25) is 4.79 Å². The lowest BCUT2D eigenvalue weighted by Crippen LogP contribution is -2.47. The van der Waals surface area contributed by atoms with Crippen LogP contribution in [-0.2, 0) is 20.7 Å². The van der Waals surface area contributed by atoms with Crippen molar-refractivity contribution < 1.29 is 41.7 Å². The van der Waals surface area contributed by atoms with Crippen molar-refractivity contribution in [2.75, 3.05) is 33.4 Å². The standard InChI is InChI=1S/C26H28F3NO6/c1-18(31)6-7-20-8-10-23(24(15-20)33-2)35-17-22-16-30(12-13-34-22)25(32)11-9-19-4-3-5-21(14-19)36-26(27,28)29/h3-5,8-11,14-15,22H,6-7,12-13,16-17H2,1-2H3. The number of Topliss-reactive ketones (excluding diaryl/α,β-unsaturated/α-hetero) is 1. The highest BCUT2D eigenvalue weighted by Crippen LogP contribution is 2.29. The van der Waals surface area contributed by atoms with Gasteiger partial charge < -0.3 is 28.6 Å². The fourth-order valence-electron chi connectivity index (χ4n) is 3.60. The van der Waals surface area contributed by atoms with E-state index >= 15 is 0 Å². The molecule has 2 aromatic carbocycles. The normalized spacial score (nSPS) is 16.1. The largest absolute Gasteiger partial charge is 0.573 e. The summed E-state index contributed by atoms with van der Waals surface area (Å²) in [6.07, 6.45) is -1.36. The molecular formula is C26H28F3NO6. The van der Waals surface area contributed by atoms with Crippen LogP contribution in [0.5, 0.6) is 17.2 Å². The molecule has 1 fully saturated rings. The van der Waals surface area contributed by atoms with Crippen molar-refractivity contribution >= 4 is 17.8 Å². The second-order valence-corrected chi connectivity index (χ2v) is 8.23. The predicted octanol–water partition coefficient (Wildman–Crippen LogP) is 4.44. The molecule has 3 rings (SSSR count). The molecule has 1 saturated heterocycles. The van der Waals surface area contributed by atoms with Gasteiger partial charge in [0.05, 0.1) is 20.3 Å². The third-order valence-corrected chi connectivity index (χ3v) is 5.38. The van der Waals surface area contributed by atoms with Gasteiger partial charge in [-0.25, -0.2) is 0 Å². The zero-order valence-electron chi connectivity index (χ0n) is 20.0. The summed E-state index contributed by atoms with van der Waals surface area (Å²) in [5.41, 5.74) is 1.36. The number of halogens is 3. The highest BCUT2D eigenvalue weighted by molar-refractivity contribution is 5.91. The third-order valence-electron chi connectivity index (χ3n) is 5.38. The number of rotatable bonds is 10. The highest BCUT2D eigenvalue weighted by Gasteiger charge is 2.31. The third kappa shape index (κ3) is 8.60. The fourth-order valence-corrected chi connectivity index (χ4v) is 3.60. The van der Waals surface area contributed by atoms with Crippen LogP contribution >= 0.6 is 0 Å². The van der Waals surface area contributed by atoms with E-state index < -0.39 is 6.36 Å². The molecule has 1 heterocycles. The monoisotopic (exact) mass is 507 g/mol. The van der Waals surface area contributed by atoms with Gasteiger partial charge in [-0.05, 0) is 54.8 Å². The maximum Gasteiger partial charge on any atom is 0.573 e. The van der Waals surface area contributed by atoms with Gasteiger partial charge in [0.25, 0.3) is 0 Å². The van der Waals surface area contributed by atoms with Gasteiger partial charge in [0, 0.05) is 19.0 Å². The SMILES string of the molecule is COc1cc(CCC(C)=O)ccc1OCC1CN(C(=O)C=Cc2cccc(OC(F)(F)F)c2)CCO1. The quantitative estimate of drug-likeness (QED) is 0.443. The lowest BCUT2D eigenvalue weighted by atomic mass is 10.1. The van der Waals surface area contributed by atoms with E-state index in [0.29, 0.717) is 49.6 Å². The predicted molar refractivity (Wildman–Crippen MR) is 126 cm³/mol. The molecule has 0 N–H and O–H groups in total. The topological polar surface area (TPSA) is 74.3 Å². The van der Waals surface area contributed by atoms with Crippen molar-refractivity contribution in [2.24, 2.45) is 0 Å². The Morgan fingerprint density at radius 2 is 1.97 bits per heavy atom. The average Bonchev–Trinajstić information content (AvgIpc) is 2.84. The minimum Gasteiger partial charge on any atom is -0.493 e. The molecule has 0 spiro atoms. The summed E-state index contributed by atoms with van der Waals surface area (Å²) in [4.78, 5) is 25.4. The van der Waals surface area contributed by atoms with Crippen LogP contribution in [0.15, 0.2) is 48.5 Å². The molecular weight excluding hydrogens is 479 g/mol. The molecule has 1 aliphatic rings. The summed E-state index contributed by atoms with van der Waals surface area (Å²) in [6.45, 7) is 2.73. The fraction of sp³-hybridized carbons (Fsp3) is 0.385. The van der Waals surface area contributed by atoms with Crippen LogP contribution in [0.2, 0.25) is 0 Å². The number of morpholine rings is 1. The molecule has 36 heavy (non-hydrogen) atoms. The van der Waals surface area contributed by atoms with Crippen LogP contribution in [0.3, 0.4) is 0 Å². The zero-order chi connectivity index (χ0) is 26.1. The molecule has 1 atom stereocenters. The van der Waals surface area contributed by atoms with Crippen LogP contribution in [0.25, 0.3) is 6.08 Å². The van der Waals surface area contributed by atoms with Crippen molar-refractivity contribution in [1.82, 2.24) is 4.90 Å². The Morgan fingerprint density at radius 1 is 1.17 bits per heavy atom. The summed E-state index contributed by atoms with van der Waals surface area (Å²) >= 11 is 0. The number of alkyl halides is 3. The molecule has 2 aromatic rings. The number of nitrogens with zero attached hydrogens (tertiary/aromatic N) is 1. The zero-order valence-corrected chi connectivity index (χ0v) is 20.0. The first-order valence-corrected chi connectivity index (χ1v) is 11.4. The van der Waals surface area contributed by atoms with Gasteiger partial charge in [-0.15, -0.1) is 13.2 Å². The highest BCUT2D eigenvalue weighted by atomic mass is 19.4. The smallest absolute Gasteiger partial charge is 0.493 e. The Balaban J connectivity index is 1.55. The van der Waals surface area contributed by atoms with Gasteiger partial charge >= 0.3 is 6.36 Å². The molecule has 0 aromatic heterocycles. The first kappa shape index (κ1) is 27.1. The molecule has 0 saturated carbocycles. The number of ketones is 1. The number of carbonyl (C=O) groups excluding carboxylic acids is 2. The van der Waals surface area contributed by atoms with Crippen molar-refractivity contribution in [3.05, 3.63) is 59.7 Å². The number of aryl methyl sites for hydroxylation is 1. The van der Waals surface area contributed by atoms with E-state index in [1.165, 1.54) is 37.5 Å². The molecule has 194 valence electrons. The Hall–Kier alpha value is -3.53. The summed E-state index contributed by atoms with van der Waals surface area (Å²) in [5.74, 6) is 0.527. The molecule has 1 amide bonds. The molecule has 10 heteroatoms. The maximum atomic E-state index is 12.6. The molecule has 7 nitrogen and oxygen atoms in total. The number of hydrogen-bond acceptors (Lipinski definition) is 6. The van der Waals surface area contributed by atoms with E-state index in [9.17, 15) is 22.8 Å². The number of carbonyl (C=O) groups is 2. The summed E-state index contributed by atoms with van der Waals surface area (Å²) in [5, 5.41) is 0. The number of ether oxygens (including phenoxy) is 4.